The summed E-state index contributed by atoms with van der Waals surface area (Å²) in [7, 11) is 0. The Morgan fingerprint density at radius 3 is 2.89 bits per heavy atom. The molecule has 2 unspecified atom stereocenters. The molecule has 0 aromatic carbocycles. The molecule has 2 heterocycles. The molecule has 106 valence electrons. The Morgan fingerprint density at radius 2 is 2.21 bits per heavy atom. The van der Waals surface area contributed by atoms with Gasteiger partial charge in [-0.15, -0.1) is 11.3 Å². The van der Waals surface area contributed by atoms with Gasteiger partial charge in [0.2, 0.25) is 0 Å². The summed E-state index contributed by atoms with van der Waals surface area (Å²) in [5, 5.41) is 4.74. The van der Waals surface area contributed by atoms with Gasteiger partial charge in [-0.25, -0.2) is 4.98 Å². The number of thiazole rings is 1. The van der Waals surface area contributed by atoms with Crippen LogP contribution in [0.25, 0.3) is 0 Å². The Kier molecular flexibility index (Phi) is 3.67. The number of fused-ring (bicyclic) bond motifs is 1. The first-order chi connectivity index (χ1) is 9.04. The number of hydrogen-bond acceptors (Lipinski definition) is 4. The maximum Gasteiger partial charge on any atom is 0.112 e. The summed E-state index contributed by atoms with van der Waals surface area (Å²) < 4.78 is 5.55. The molecule has 1 N–H and O–H groups in total. The molecule has 2 aliphatic rings. The van der Waals surface area contributed by atoms with E-state index in [-0.39, 0.29) is 0 Å². The maximum atomic E-state index is 5.55. The van der Waals surface area contributed by atoms with Crippen LogP contribution in [0.2, 0.25) is 0 Å². The predicted molar refractivity (Wildman–Crippen MR) is 78.6 cm³/mol. The van der Waals surface area contributed by atoms with Crippen molar-refractivity contribution < 1.29 is 4.74 Å². The lowest BCUT2D eigenvalue weighted by Crippen LogP contribution is -2.34. The second-order valence-electron chi connectivity index (χ2n) is 6.81. The van der Waals surface area contributed by atoms with Crippen LogP contribution in [0.5, 0.6) is 0 Å². The average molecular weight is 280 g/mol. The summed E-state index contributed by atoms with van der Waals surface area (Å²) in [6.07, 6.45) is 3.65. The second kappa shape index (κ2) is 5.15. The van der Waals surface area contributed by atoms with Crippen LogP contribution in [0.4, 0.5) is 0 Å². The van der Waals surface area contributed by atoms with Crippen LogP contribution >= 0.6 is 11.3 Å². The van der Waals surface area contributed by atoms with Crippen LogP contribution < -0.4 is 5.32 Å². The van der Waals surface area contributed by atoms with Crippen molar-refractivity contribution in [3.63, 3.8) is 0 Å². The fourth-order valence-corrected chi connectivity index (χ4v) is 4.26. The molecule has 1 saturated heterocycles. The molecule has 1 aliphatic heterocycles. The molecule has 3 nitrogen and oxygen atoms in total. The summed E-state index contributed by atoms with van der Waals surface area (Å²) in [6, 6.07) is 0.317. The van der Waals surface area contributed by atoms with Gasteiger partial charge in [0.05, 0.1) is 24.9 Å². The fourth-order valence-electron chi connectivity index (χ4n) is 3.01. The van der Waals surface area contributed by atoms with Crippen molar-refractivity contribution in [2.45, 2.75) is 46.1 Å². The van der Waals surface area contributed by atoms with E-state index in [1.54, 1.807) is 0 Å². The SMILES string of the molecule is CC(C)(C)C1CCc2nc(C3COCCN3)sc2C1. The molecule has 0 spiro atoms. The smallest absolute Gasteiger partial charge is 0.112 e. The fraction of sp³-hybridized carbons (Fsp3) is 0.800. The third kappa shape index (κ3) is 2.86. The van der Waals surface area contributed by atoms with Crippen molar-refractivity contribution in [2.24, 2.45) is 11.3 Å². The van der Waals surface area contributed by atoms with Gasteiger partial charge in [0.15, 0.2) is 0 Å². The van der Waals surface area contributed by atoms with E-state index >= 15 is 0 Å². The van der Waals surface area contributed by atoms with E-state index in [2.05, 4.69) is 26.1 Å². The normalized spacial score (nSPS) is 28.2. The van der Waals surface area contributed by atoms with Gasteiger partial charge in [-0.05, 0) is 30.6 Å². The van der Waals surface area contributed by atoms with Crippen LogP contribution in [-0.4, -0.2) is 24.7 Å². The molecule has 1 aliphatic carbocycles. The first-order valence-electron chi connectivity index (χ1n) is 7.33. The van der Waals surface area contributed by atoms with Crippen LogP contribution in [0.15, 0.2) is 0 Å². The van der Waals surface area contributed by atoms with E-state index in [1.165, 1.54) is 28.4 Å². The molecular weight excluding hydrogens is 256 g/mol. The van der Waals surface area contributed by atoms with E-state index in [0.717, 1.165) is 32.1 Å². The molecule has 0 radical (unpaired) electrons. The topological polar surface area (TPSA) is 34.1 Å². The molecule has 1 aromatic heterocycles. The van der Waals surface area contributed by atoms with Crippen molar-refractivity contribution in [1.82, 2.24) is 10.3 Å². The summed E-state index contributed by atoms with van der Waals surface area (Å²) in [5.41, 5.74) is 1.77. The molecule has 0 bridgehead atoms. The lowest BCUT2D eigenvalue weighted by Gasteiger charge is -2.33. The van der Waals surface area contributed by atoms with Crippen LogP contribution in [0.1, 0.15) is 48.8 Å². The van der Waals surface area contributed by atoms with Gasteiger partial charge >= 0.3 is 0 Å². The second-order valence-corrected chi connectivity index (χ2v) is 7.92. The largest absolute Gasteiger partial charge is 0.378 e. The molecule has 0 saturated carbocycles. The Labute approximate surface area is 119 Å². The monoisotopic (exact) mass is 280 g/mol. The van der Waals surface area contributed by atoms with Crippen molar-refractivity contribution >= 4 is 11.3 Å². The van der Waals surface area contributed by atoms with E-state index in [0.29, 0.717) is 11.5 Å². The zero-order chi connectivity index (χ0) is 13.5. The summed E-state index contributed by atoms with van der Waals surface area (Å²) >= 11 is 1.91. The number of morpholine rings is 1. The minimum Gasteiger partial charge on any atom is -0.378 e. The standard InChI is InChI=1S/C15H24N2OS/c1-15(2,3)10-4-5-11-13(8-10)19-14(17-11)12-9-18-7-6-16-12/h10,12,16H,4-9H2,1-3H3. The lowest BCUT2D eigenvalue weighted by molar-refractivity contribution is 0.0767. The van der Waals surface area contributed by atoms with E-state index in [4.69, 9.17) is 9.72 Å². The summed E-state index contributed by atoms with van der Waals surface area (Å²) in [6.45, 7) is 9.63. The lowest BCUT2D eigenvalue weighted by atomic mass is 9.73. The third-order valence-electron chi connectivity index (χ3n) is 4.40. The zero-order valence-corrected chi connectivity index (χ0v) is 13.0. The van der Waals surface area contributed by atoms with Crippen LogP contribution in [0.3, 0.4) is 0 Å². The predicted octanol–water partition coefficient (Wildman–Crippen LogP) is 2.96. The average Bonchev–Trinajstić information content (AvgIpc) is 2.81. The number of rotatable bonds is 1. The number of ether oxygens (including phenoxy) is 1. The van der Waals surface area contributed by atoms with E-state index in [1.807, 2.05) is 11.3 Å². The summed E-state index contributed by atoms with van der Waals surface area (Å²) in [4.78, 5) is 6.39. The van der Waals surface area contributed by atoms with Gasteiger partial charge in [0, 0.05) is 11.4 Å². The Bertz CT molecular complexity index is 443. The minimum atomic E-state index is 0.317. The van der Waals surface area contributed by atoms with Gasteiger partial charge in [0.1, 0.15) is 5.01 Å². The highest BCUT2D eigenvalue weighted by Crippen LogP contribution is 2.40. The highest BCUT2D eigenvalue weighted by molar-refractivity contribution is 7.11. The van der Waals surface area contributed by atoms with Gasteiger partial charge in [-0.3, -0.25) is 0 Å². The van der Waals surface area contributed by atoms with Crippen molar-refractivity contribution in [1.29, 1.82) is 0 Å². The van der Waals surface area contributed by atoms with Gasteiger partial charge < -0.3 is 10.1 Å². The molecule has 19 heavy (non-hydrogen) atoms. The van der Waals surface area contributed by atoms with E-state index in [9.17, 15) is 0 Å². The number of nitrogens with zero attached hydrogens (tertiary/aromatic N) is 1. The molecule has 0 amide bonds. The first-order valence-corrected chi connectivity index (χ1v) is 8.15. The highest BCUT2D eigenvalue weighted by Gasteiger charge is 2.31. The molecule has 1 aromatic rings. The number of aryl methyl sites for hydroxylation is 1. The van der Waals surface area contributed by atoms with Crippen molar-refractivity contribution in [3.05, 3.63) is 15.6 Å². The molecular formula is C15H24N2OS. The van der Waals surface area contributed by atoms with Crippen LogP contribution in [-0.2, 0) is 17.6 Å². The molecule has 4 heteroatoms. The Morgan fingerprint density at radius 1 is 1.37 bits per heavy atom. The van der Waals surface area contributed by atoms with Crippen molar-refractivity contribution in [3.8, 4) is 0 Å². The number of hydrogen-bond donors (Lipinski definition) is 1. The maximum absolute atomic E-state index is 5.55. The first kappa shape index (κ1) is 13.5. The van der Waals surface area contributed by atoms with Gasteiger partial charge in [-0.1, -0.05) is 20.8 Å². The number of aromatic nitrogens is 1. The van der Waals surface area contributed by atoms with E-state index < -0.39 is 0 Å². The third-order valence-corrected chi connectivity index (χ3v) is 5.63. The van der Waals surface area contributed by atoms with Crippen LogP contribution in [0, 0.1) is 11.3 Å². The minimum absolute atomic E-state index is 0.317. The Balaban J connectivity index is 1.77. The molecule has 1 fully saturated rings. The highest BCUT2D eigenvalue weighted by atomic mass is 32.1. The number of nitrogens with one attached hydrogen (secondary N) is 1. The summed E-state index contributed by atoms with van der Waals surface area (Å²) in [5.74, 6) is 0.795. The van der Waals surface area contributed by atoms with Crippen molar-refractivity contribution in [2.75, 3.05) is 19.8 Å². The molecule has 2 atom stereocenters. The van der Waals surface area contributed by atoms with Gasteiger partial charge in [-0.2, -0.15) is 0 Å². The van der Waals surface area contributed by atoms with Gasteiger partial charge in [0.25, 0.3) is 0 Å². The zero-order valence-electron chi connectivity index (χ0n) is 12.2. The molecule has 3 rings (SSSR count). The Hall–Kier alpha value is -0.450. The quantitative estimate of drug-likeness (QED) is 0.859.